The van der Waals surface area contributed by atoms with Crippen molar-refractivity contribution in [1.29, 1.82) is 0 Å². The Bertz CT molecular complexity index is 384. The standard InChI is InChI=1S/C11H14FNO2S/c1-3-15-11(14)10(12)16-9-6-7(2)4-5-8(9)13/h4-6,10H,3,13H2,1-2H3. The number of anilines is 1. The first kappa shape index (κ1) is 12.8. The quantitative estimate of drug-likeness (QED) is 0.501. The molecule has 0 bridgehead atoms. The van der Waals surface area contributed by atoms with E-state index in [-0.39, 0.29) is 6.61 Å². The van der Waals surface area contributed by atoms with Crippen LogP contribution in [0.25, 0.3) is 0 Å². The van der Waals surface area contributed by atoms with E-state index in [4.69, 9.17) is 5.73 Å². The summed E-state index contributed by atoms with van der Waals surface area (Å²) in [6.07, 6.45) is 0. The highest BCUT2D eigenvalue weighted by Gasteiger charge is 2.20. The van der Waals surface area contributed by atoms with Gasteiger partial charge in [0.15, 0.2) is 0 Å². The third-order valence-electron chi connectivity index (χ3n) is 1.87. The number of nitrogens with two attached hydrogens (primary N) is 1. The van der Waals surface area contributed by atoms with Gasteiger partial charge in [0.2, 0.25) is 5.50 Å². The summed E-state index contributed by atoms with van der Waals surface area (Å²) < 4.78 is 18.0. The molecule has 5 heteroatoms. The molecule has 1 unspecified atom stereocenters. The summed E-state index contributed by atoms with van der Waals surface area (Å²) in [4.78, 5) is 11.6. The number of ether oxygens (including phenoxy) is 1. The van der Waals surface area contributed by atoms with Crippen LogP contribution >= 0.6 is 11.8 Å². The van der Waals surface area contributed by atoms with Crippen molar-refractivity contribution in [3.05, 3.63) is 23.8 Å². The Morgan fingerprint density at radius 1 is 1.62 bits per heavy atom. The molecule has 16 heavy (non-hydrogen) atoms. The van der Waals surface area contributed by atoms with E-state index >= 15 is 0 Å². The van der Waals surface area contributed by atoms with Gasteiger partial charge in [-0.1, -0.05) is 17.8 Å². The number of hydrogen-bond acceptors (Lipinski definition) is 4. The zero-order chi connectivity index (χ0) is 12.1. The lowest BCUT2D eigenvalue weighted by molar-refractivity contribution is -0.145. The summed E-state index contributed by atoms with van der Waals surface area (Å²) in [6, 6.07) is 5.26. The van der Waals surface area contributed by atoms with Crippen LogP contribution in [0.1, 0.15) is 12.5 Å². The summed E-state index contributed by atoms with van der Waals surface area (Å²) >= 11 is 0.766. The van der Waals surface area contributed by atoms with Crippen molar-refractivity contribution in [2.75, 3.05) is 12.3 Å². The summed E-state index contributed by atoms with van der Waals surface area (Å²) in [7, 11) is 0. The molecular weight excluding hydrogens is 229 g/mol. The maximum atomic E-state index is 13.4. The molecule has 2 N–H and O–H groups in total. The van der Waals surface area contributed by atoms with E-state index in [2.05, 4.69) is 4.74 Å². The second-order valence-electron chi connectivity index (χ2n) is 3.23. The SMILES string of the molecule is CCOC(=O)C(F)Sc1cc(C)ccc1N. The van der Waals surface area contributed by atoms with Gasteiger partial charge in [0, 0.05) is 10.6 Å². The predicted molar refractivity (Wildman–Crippen MR) is 63.0 cm³/mol. The predicted octanol–water partition coefficient (Wildman–Crippen LogP) is 2.53. The molecule has 0 saturated carbocycles. The zero-order valence-electron chi connectivity index (χ0n) is 9.20. The third kappa shape index (κ3) is 3.41. The van der Waals surface area contributed by atoms with Gasteiger partial charge in [-0.15, -0.1) is 0 Å². The molecule has 0 aliphatic carbocycles. The van der Waals surface area contributed by atoms with Gasteiger partial charge < -0.3 is 10.5 Å². The van der Waals surface area contributed by atoms with Gasteiger partial charge in [0.1, 0.15) is 0 Å². The fourth-order valence-corrected chi connectivity index (χ4v) is 1.96. The first-order chi connectivity index (χ1) is 7.54. The molecule has 0 aliphatic rings. The highest BCUT2D eigenvalue weighted by atomic mass is 32.2. The summed E-state index contributed by atoms with van der Waals surface area (Å²) in [6.45, 7) is 3.68. The average Bonchev–Trinajstić information content (AvgIpc) is 2.23. The molecule has 0 spiro atoms. The van der Waals surface area contributed by atoms with Gasteiger partial charge in [-0.05, 0) is 31.5 Å². The topological polar surface area (TPSA) is 52.3 Å². The third-order valence-corrected chi connectivity index (χ3v) is 2.88. The van der Waals surface area contributed by atoms with Crippen molar-refractivity contribution >= 4 is 23.4 Å². The van der Waals surface area contributed by atoms with E-state index in [1.807, 2.05) is 13.0 Å². The highest BCUT2D eigenvalue weighted by Crippen LogP contribution is 2.30. The first-order valence-corrected chi connectivity index (χ1v) is 5.76. The number of rotatable bonds is 4. The van der Waals surface area contributed by atoms with Gasteiger partial charge >= 0.3 is 5.97 Å². The van der Waals surface area contributed by atoms with Crippen LogP contribution in [0.4, 0.5) is 10.1 Å². The molecule has 0 aromatic heterocycles. The van der Waals surface area contributed by atoms with Gasteiger partial charge in [-0.2, -0.15) is 0 Å². The molecule has 0 fully saturated rings. The Balaban J connectivity index is 2.72. The Hall–Kier alpha value is -1.23. The van der Waals surface area contributed by atoms with E-state index in [0.717, 1.165) is 17.3 Å². The largest absolute Gasteiger partial charge is 0.463 e. The van der Waals surface area contributed by atoms with E-state index in [1.54, 1.807) is 19.1 Å². The molecule has 0 radical (unpaired) electrons. The number of aryl methyl sites for hydroxylation is 1. The second-order valence-corrected chi connectivity index (χ2v) is 4.32. The Morgan fingerprint density at radius 3 is 2.94 bits per heavy atom. The summed E-state index contributed by atoms with van der Waals surface area (Å²) in [5.41, 5.74) is 5.37. The van der Waals surface area contributed by atoms with E-state index < -0.39 is 11.5 Å². The number of hydrogen-bond donors (Lipinski definition) is 1. The fraction of sp³-hybridized carbons (Fsp3) is 0.364. The van der Waals surface area contributed by atoms with Crippen molar-refractivity contribution in [2.24, 2.45) is 0 Å². The minimum absolute atomic E-state index is 0.170. The molecule has 88 valence electrons. The van der Waals surface area contributed by atoms with Crippen LogP contribution in [0, 0.1) is 6.92 Å². The number of halogens is 1. The Labute approximate surface area is 98.2 Å². The normalized spacial score (nSPS) is 12.2. The minimum atomic E-state index is -1.73. The molecule has 0 heterocycles. The van der Waals surface area contributed by atoms with Crippen LogP contribution in [0.15, 0.2) is 23.1 Å². The lowest BCUT2D eigenvalue weighted by atomic mass is 10.2. The average molecular weight is 243 g/mol. The lowest BCUT2D eigenvalue weighted by Gasteiger charge is -2.09. The molecular formula is C11H14FNO2S. The van der Waals surface area contributed by atoms with Crippen molar-refractivity contribution in [2.45, 2.75) is 24.2 Å². The number of thioether (sulfide) groups is 1. The molecule has 0 saturated heterocycles. The maximum Gasteiger partial charge on any atom is 0.351 e. The molecule has 1 aromatic carbocycles. The van der Waals surface area contributed by atoms with Crippen LogP contribution in [0.3, 0.4) is 0 Å². The van der Waals surface area contributed by atoms with Crippen LogP contribution in [-0.2, 0) is 9.53 Å². The number of carbonyl (C=O) groups is 1. The van der Waals surface area contributed by atoms with Crippen molar-refractivity contribution in [3.8, 4) is 0 Å². The van der Waals surface area contributed by atoms with Crippen LogP contribution < -0.4 is 5.73 Å². The van der Waals surface area contributed by atoms with Crippen molar-refractivity contribution < 1.29 is 13.9 Å². The lowest BCUT2D eigenvalue weighted by Crippen LogP contribution is -2.15. The fourth-order valence-electron chi connectivity index (χ4n) is 1.11. The van der Waals surface area contributed by atoms with Crippen LogP contribution in [0.5, 0.6) is 0 Å². The highest BCUT2D eigenvalue weighted by molar-refractivity contribution is 8.00. The monoisotopic (exact) mass is 243 g/mol. The Kier molecular flexibility index (Phi) is 4.61. The number of carbonyl (C=O) groups excluding carboxylic acids is 1. The van der Waals surface area contributed by atoms with E-state index in [0.29, 0.717) is 10.6 Å². The molecule has 1 atom stereocenters. The van der Waals surface area contributed by atoms with E-state index in [9.17, 15) is 9.18 Å². The first-order valence-electron chi connectivity index (χ1n) is 4.88. The molecule has 1 rings (SSSR count). The van der Waals surface area contributed by atoms with E-state index in [1.165, 1.54) is 0 Å². The number of alkyl halides is 1. The molecule has 1 aromatic rings. The minimum Gasteiger partial charge on any atom is -0.463 e. The molecule has 0 amide bonds. The van der Waals surface area contributed by atoms with Crippen molar-refractivity contribution in [1.82, 2.24) is 0 Å². The molecule has 0 aliphatic heterocycles. The van der Waals surface area contributed by atoms with Gasteiger partial charge in [-0.25, -0.2) is 9.18 Å². The zero-order valence-corrected chi connectivity index (χ0v) is 10.0. The molecule has 3 nitrogen and oxygen atoms in total. The van der Waals surface area contributed by atoms with Gasteiger partial charge in [0.05, 0.1) is 6.61 Å². The smallest absolute Gasteiger partial charge is 0.351 e. The summed E-state index contributed by atoms with van der Waals surface area (Å²) in [5.74, 6) is -0.867. The van der Waals surface area contributed by atoms with Crippen LogP contribution in [-0.4, -0.2) is 18.1 Å². The van der Waals surface area contributed by atoms with Gasteiger partial charge in [-0.3, -0.25) is 0 Å². The van der Waals surface area contributed by atoms with Crippen molar-refractivity contribution in [3.63, 3.8) is 0 Å². The second kappa shape index (κ2) is 5.75. The summed E-state index contributed by atoms with van der Waals surface area (Å²) in [5, 5.41) is 0. The number of esters is 1. The van der Waals surface area contributed by atoms with Gasteiger partial charge in [0.25, 0.3) is 0 Å². The maximum absolute atomic E-state index is 13.4. The van der Waals surface area contributed by atoms with Crippen LogP contribution in [0.2, 0.25) is 0 Å². The number of nitrogen functional groups attached to an aromatic ring is 1. The number of benzene rings is 1. The Morgan fingerprint density at radius 2 is 2.31 bits per heavy atom.